The van der Waals surface area contributed by atoms with Gasteiger partial charge >= 0.3 is 0 Å². The van der Waals surface area contributed by atoms with Crippen LogP contribution in [0.4, 0.5) is 0 Å². The standard InChI is InChI=1S/C21H18N4O3S/c1-15-2-6-18(7-3-15)29(27,28)19-8-4-16(5-9-19)12-23-20(26)17-13-24-21-22-10-11-25(21)14-17/h2-11,13-14H,12H2,1H3,(H,23,26). The van der Waals surface area contributed by atoms with Crippen molar-refractivity contribution >= 4 is 21.5 Å². The quantitative estimate of drug-likeness (QED) is 0.550. The molecular weight excluding hydrogens is 388 g/mol. The van der Waals surface area contributed by atoms with Crippen molar-refractivity contribution in [1.29, 1.82) is 0 Å². The minimum atomic E-state index is -3.57. The molecule has 0 atom stereocenters. The highest BCUT2D eigenvalue weighted by Gasteiger charge is 2.17. The maximum absolute atomic E-state index is 12.7. The van der Waals surface area contributed by atoms with E-state index >= 15 is 0 Å². The van der Waals surface area contributed by atoms with E-state index in [1.54, 1.807) is 71.5 Å². The molecule has 2 aromatic carbocycles. The zero-order chi connectivity index (χ0) is 20.4. The van der Waals surface area contributed by atoms with Gasteiger partial charge in [-0.2, -0.15) is 0 Å². The zero-order valence-electron chi connectivity index (χ0n) is 15.6. The third-order valence-electron chi connectivity index (χ3n) is 4.53. The maximum Gasteiger partial charge on any atom is 0.254 e. The maximum atomic E-state index is 12.7. The summed E-state index contributed by atoms with van der Waals surface area (Å²) < 4.78 is 27.1. The predicted octanol–water partition coefficient (Wildman–Crippen LogP) is 2.80. The summed E-state index contributed by atoms with van der Waals surface area (Å²) in [5, 5.41) is 2.81. The van der Waals surface area contributed by atoms with Gasteiger partial charge in [-0.3, -0.25) is 9.20 Å². The van der Waals surface area contributed by atoms with Gasteiger partial charge in [-0.1, -0.05) is 29.8 Å². The number of nitrogens with one attached hydrogen (secondary N) is 1. The molecule has 8 heteroatoms. The molecule has 4 aromatic rings. The zero-order valence-corrected chi connectivity index (χ0v) is 16.4. The molecule has 0 fully saturated rings. The van der Waals surface area contributed by atoms with E-state index in [2.05, 4.69) is 15.3 Å². The first-order valence-electron chi connectivity index (χ1n) is 8.91. The first-order chi connectivity index (χ1) is 13.9. The van der Waals surface area contributed by atoms with Gasteiger partial charge in [0.15, 0.2) is 0 Å². The molecule has 0 unspecified atom stereocenters. The van der Waals surface area contributed by atoms with Crippen molar-refractivity contribution in [3.63, 3.8) is 0 Å². The number of carbonyl (C=O) groups is 1. The molecule has 0 spiro atoms. The second kappa shape index (κ2) is 7.48. The van der Waals surface area contributed by atoms with Crippen molar-refractivity contribution in [3.8, 4) is 0 Å². The normalized spacial score (nSPS) is 11.5. The Morgan fingerprint density at radius 1 is 1.00 bits per heavy atom. The summed E-state index contributed by atoms with van der Waals surface area (Å²) in [5.41, 5.74) is 2.20. The lowest BCUT2D eigenvalue weighted by Gasteiger charge is -2.08. The number of amides is 1. The Kier molecular flexibility index (Phi) is 4.85. The molecule has 4 rings (SSSR count). The molecule has 0 radical (unpaired) electrons. The first kappa shape index (κ1) is 18.8. The molecule has 146 valence electrons. The van der Waals surface area contributed by atoms with Crippen LogP contribution in [0.15, 0.2) is 83.1 Å². The van der Waals surface area contributed by atoms with E-state index in [1.165, 1.54) is 6.20 Å². The van der Waals surface area contributed by atoms with E-state index < -0.39 is 9.84 Å². The summed E-state index contributed by atoms with van der Waals surface area (Å²) in [5.74, 6) is 0.247. The Morgan fingerprint density at radius 3 is 2.34 bits per heavy atom. The van der Waals surface area contributed by atoms with Gasteiger partial charge in [0.2, 0.25) is 15.6 Å². The van der Waals surface area contributed by atoms with Crippen LogP contribution < -0.4 is 5.32 Å². The van der Waals surface area contributed by atoms with Crippen molar-refractivity contribution in [2.45, 2.75) is 23.3 Å². The molecule has 29 heavy (non-hydrogen) atoms. The topological polar surface area (TPSA) is 93.4 Å². The lowest BCUT2D eigenvalue weighted by atomic mass is 10.2. The van der Waals surface area contributed by atoms with Gasteiger partial charge in [-0.15, -0.1) is 0 Å². The number of fused-ring (bicyclic) bond motifs is 1. The summed E-state index contributed by atoms with van der Waals surface area (Å²) in [4.78, 5) is 21.0. The SMILES string of the molecule is Cc1ccc(S(=O)(=O)c2ccc(CNC(=O)c3cnc4nccn4c3)cc2)cc1. The average Bonchev–Trinajstić information content (AvgIpc) is 3.20. The number of nitrogens with zero attached hydrogens (tertiary/aromatic N) is 3. The van der Waals surface area contributed by atoms with Crippen molar-refractivity contribution in [2.24, 2.45) is 0 Å². The van der Waals surface area contributed by atoms with Crippen molar-refractivity contribution < 1.29 is 13.2 Å². The largest absolute Gasteiger partial charge is 0.348 e. The fourth-order valence-corrected chi connectivity index (χ4v) is 4.12. The number of aryl methyl sites for hydroxylation is 1. The third-order valence-corrected chi connectivity index (χ3v) is 6.31. The number of rotatable bonds is 5. The van der Waals surface area contributed by atoms with Crippen LogP contribution in [0, 0.1) is 6.92 Å². The fourth-order valence-electron chi connectivity index (χ4n) is 2.86. The van der Waals surface area contributed by atoms with E-state index in [1.807, 2.05) is 6.92 Å². The molecule has 0 aliphatic rings. The smallest absolute Gasteiger partial charge is 0.254 e. The second-order valence-corrected chi connectivity index (χ2v) is 8.57. The Labute approximate surface area is 168 Å². The minimum Gasteiger partial charge on any atom is -0.348 e. The van der Waals surface area contributed by atoms with Gasteiger partial charge in [-0.05, 0) is 36.8 Å². The second-order valence-electron chi connectivity index (χ2n) is 6.62. The van der Waals surface area contributed by atoms with E-state index in [-0.39, 0.29) is 22.2 Å². The predicted molar refractivity (Wildman–Crippen MR) is 107 cm³/mol. The Hall–Kier alpha value is -3.52. The van der Waals surface area contributed by atoms with E-state index in [0.29, 0.717) is 11.3 Å². The van der Waals surface area contributed by atoms with Crippen LogP contribution in [0.3, 0.4) is 0 Å². The van der Waals surface area contributed by atoms with Crippen molar-refractivity contribution in [3.05, 3.63) is 90.0 Å². The van der Waals surface area contributed by atoms with Gasteiger partial charge in [0.1, 0.15) is 0 Å². The number of aromatic nitrogens is 3. The molecule has 0 aliphatic carbocycles. The number of hydrogen-bond acceptors (Lipinski definition) is 5. The van der Waals surface area contributed by atoms with Gasteiger partial charge in [0.05, 0.1) is 15.4 Å². The lowest BCUT2D eigenvalue weighted by Crippen LogP contribution is -2.23. The number of benzene rings is 2. The number of hydrogen-bond donors (Lipinski definition) is 1. The van der Waals surface area contributed by atoms with E-state index in [4.69, 9.17) is 0 Å². The lowest BCUT2D eigenvalue weighted by molar-refractivity contribution is 0.0950. The summed E-state index contributed by atoms with van der Waals surface area (Å²) in [6, 6.07) is 13.2. The van der Waals surface area contributed by atoms with Gasteiger partial charge in [-0.25, -0.2) is 18.4 Å². The molecular formula is C21H18N4O3S. The number of carbonyl (C=O) groups excluding carboxylic acids is 1. The molecule has 2 heterocycles. The Morgan fingerprint density at radius 2 is 1.66 bits per heavy atom. The average molecular weight is 406 g/mol. The van der Waals surface area contributed by atoms with Crippen LogP contribution in [0.2, 0.25) is 0 Å². The molecule has 0 aliphatic heterocycles. The van der Waals surface area contributed by atoms with E-state index in [0.717, 1.165) is 11.1 Å². The summed E-state index contributed by atoms with van der Waals surface area (Å²) in [6.07, 6.45) is 6.44. The minimum absolute atomic E-state index is 0.214. The highest BCUT2D eigenvalue weighted by atomic mass is 32.2. The van der Waals surface area contributed by atoms with E-state index in [9.17, 15) is 13.2 Å². The molecule has 0 saturated heterocycles. The van der Waals surface area contributed by atoms with Gasteiger partial charge in [0.25, 0.3) is 5.91 Å². The molecule has 7 nitrogen and oxygen atoms in total. The van der Waals surface area contributed by atoms with Crippen LogP contribution in [-0.2, 0) is 16.4 Å². The van der Waals surface area contributed by atoms with Gasteiger partial charge in [0, 0.05) is 31.3 Å². The molecule has 2 aromatic heterocycles. The van der Waals surface area contributed by atoms with Crippen LogP contribution in [0.5, 0.6) is 0 Å². The van der Waals surface area contributed by atoms with Crippen LogP contribution in [-0.4, -0.2) is 28.7 Å². The van der Waals surface area contributed by atoms with Crippen molar-refractivity contribution in [2.75, 3.05) is 0 Å². The highest BCUT2D eigenvalue weighted by Crippen LogP contribution is 2.21. The number of imidazole rings is 1. The monoisotopic (exact) mass is 406 g/mol. The molecule has 1 amide bonds. The summed E-state index contributed by atoms with van der Waals surface area (Å²) in [6.45, 7) is 2.18. The Bertz CT molecular complexity index is 1280. The molecule has 1 N–H and O–H groups in total. The van der Waals surface area contributed by atoms with Crippen LogP contribution in [0.25, 0.3) is 5.78 Å². The van der Waals surface area contributed by atoms with Crippen LogP contribution in [0.1, 0.15) is 21.5 Å². The summed E-state index contributed by atoms with van der Waals surface area (Å²) in [7, 11) is -3.57. The Balaban J connectivity index is 1.45. The molecule has 0 bridgehead atoms. The molecule has 0 saturated carbocycles. The number of sulfone groups is 1. The van der Waals surface area contributed by atoms with Gasteiger partial charge < -0.3 is 5.32 Å². The third kappa shape index (κ3) is 3.88. The summed E-state index contributed by atoms with van der Waals surface area (Å²) >= 11 is 0. The highest BCUT2D eigenvalue weighted by molar-refractivity contribution is 7.91. The van der Waals surface area contributed by atoms with Crippen molar-refractivity contribution in [1.82, 2.24) is 19.7 Å². The fraction of sp³-hybridized carbons (Fsp3) is 0.0952. The first-order valence-corrected chi connectivity index (χ1v) is 10.4. The van der Waals surface area contributed by atoms with Crippen LogP contribution >= 0.6 is 0 Å².